The molecular weight excluding hydrogens is 349 g/mol. The van der Waals surface area contributed by atoms with Crippen LogP contribution >= 0.6 is 0 Å². The molecule has 1 aromatic carbocycles. The molecule has 0 bridgehead atoms. The third kappa shape index (κ3) is 3.74. The largest absolute Gasteiger partial charge is 0.502 e. The summed E-state index contributed by atoms with van der Waals surface area (Å²) in [5.41, 5.74) is 0.501. The summed E-state index contributed by atoms with van der Waals surface area (Å²) in [6.07, 6.45) is -1.26. The number of rotatable bonds is 3. The van der Waals surface area contributed by atoms with Crippen LogP contribution in [0.2, 0.25) is 0 Å². The van der Waals surface area contributed by atoms with Crippen molar-refractivity contribution in [3.8, 4) is 5.75 Å². The molecule has 5 nitrogen and oxygen atoms in total. The van der Waals surface area contributed by atoms with Crippen LogP contribution in [0, 0.1) is 0 Å². The second-order valence-electron chi connectivity index (χ2n) is 6.24. The summed E-state index contributed by atoms with van der Waals surface area (Å²) in [5.74, 6) is -1.68. The van der Waals surface area contributed by atoms with Crippen LogP contribution in [0.25, 0.3) is 0 Å². The molecular formula is C18H17F3N2O3. The number of aromatic hydroxyl groups is 1. The zero-order valence-electron chi connectivity index (χ0n) is 13.7. The first kappa shape index (κ1) is 18.0. The van der Waals surface area contributed by atoms with Crippen molar-refractivity contribution >= 4 is 5.91 Å². The third-order valence-corrected chi connectivity index (χ3v) is 4.41. The normalized spacial score (nSPS) is 16.8. The number of amides is 1. The maximum Gasteiger partial charge on any atom is 0.406 e. The number of hydrogen-bond donors (Lipinski definition) is 2. The molecule has 0 aliphatic heterocycles. The highest BCUT2D eigenvalue weighted by Crippen LogP contribution is 2.30. The molecule has 1 aromatic heterocycles. The Morgan fingerprint density at radius 2 is 2.00 bits per heavy atom. The van der Waals surface area contributed by atoms with Crippen molar-refractivity contribution in [2.75, 3.05) is 0 Å². The Morgan fingerprint density at radius 3 is 2.73 bits per heavy atom. The first-order chi connectivity index (χ1) is 12.3. The first-order valence-corrected chi connectivity index (χ1v) is 8.14. The van der Waals surface area contributed by atoms with Gasteiger partial charge in [-0.05, 0) is 36.5 Å². The Kier molecular flexibility index (Phi) is 4.76. The zero-order chi connectivity index (χ0) is 18.9. The molecule has 1 atom stereocenters. The number of aryl methyl sites for hydroxylation is 1. The van der Waals surface area contributed by atoms with Crippen LogP contribution in [-0.2, 0) is 13.0 Å². The monoisotopic (exact) mass is 366 g/mol. The van der Waals surface area contributed by atoms with Crippen molar-refractivity contribution in [1.82, 2.24) is 9.88 Å². The molecule has 1 unspecified atom stereocenters. The van der Waals surface area contributed by atoms with E-state index in [0.717, 1.165) is 36.2 Å². The molecule has 0 saturated heterocycles. The number of halogens is 3. The molecule has 2 N–H and O–H groups in total. The van der Waals surface area contributed by atoms with Crippen LogP contribution in [0.1, 0.15) is 40.4 Å². The molecule has 1 aliphatic rings. The van der Waals surface area contributed by atoms with Crippen LogP contribution in [-0.4, -0.2) is 21.8 Å². The van der Waals surface area contributed by atoms with E-state index in [1.165, 1.54) is 0 Å². The molecule has 0 fully saturated rings. The predicted octanol–water partition coefficient (Wildman–Crippen LogP) is 2.92. The highest BCUT2D eigenvalue weighted by molar-refractivity contribution is 5.96. The van der Waals surface area contributed by atoms with Gasteiger partial charge < -0.3 is 15.0 Å². The number of carbonyl (C=O) groups excluding carboxylic acids is 1. The quantitative estimate of drug-likeness (QED) is 0.877. The number of benzene rings is 1. The van der Waals surface area contributed by atoms with Gasteiger partial charge in [0.1, 0.15) is 6.54 Å². The molecule has 1 aliphatic carbocycles. The Labute approximate surface area is 147 Å². The topological polar surface area (TPSA) is 71.3 Å². The lowest BCUT2D eigenvalue weighted by atomic mass is 9.87. The zero-order valence-corrected chi connectivity index (χ0v) is 13.7. The Bertz CT molecular complexity index is 890. The van der Waals surface area contributed by atoms with E-state index in [2.05, 4.69) is 5.32 Å². The average molecular weight is 366 g/mol. The molecule has 2 aromatic rings. The lowest BCUT2D eigenvalue weighted by molar-refractivity contribution is -0.141. The summed E-state index contributed by atoms with van der Waals surface area (Å²) < 4.78 is 37.6. The number of hydrogen-bond acceptors (Lipinski definition) is 3. The minimum atomic E-state index is -4.61. The fourth-order valence-corrected chi connectivity index (χ4v) is 3.20. The van der Waals surface area contributed by atoms with Gasteiger partial charge >= 0.3 is 6.18 Å². The van der Waals surface area contributed by atoms with Gasteiger partial charge in [-0.3, -0.25) is 9.59 Å². The highest BCUT2D eigenvalue weighted by Gasteiger charge is 2.30. The van der Waals surface area contributed by atoms with Gasteiger partial charge in [0.05, 0.1) is 11.6 Å². The van der Waals surface area contributed by atoms with Crippen molar-refractivity contribution in [1.29, 1.82) is 0 Å². The predicted molar refractivity (Wildman–Crippen MR) is 88.0 cm³/mol. The maximum atomic E-state index is 12.5. The van der Waals surface area contributed by atoms with Crippen LogP contribution < -0.4 is 10.9 Å². The first-order valence-electron chi connectivity index (χ1n) is 8.14. The van der Waals surface area contributed by atoms with Gasteiger partial charge in [0, 0.05) is 6.20 Å². The summed E-state index contributed by atoms with van der Waals surface area (Å²) in [4.78, 5) is 24.3. The minimum absolute atomic E-state index is 0.274. The van der Waals surface area contributed by atoms with Gasteiger partial charge in [-0.2, -0.15) is 13.2 Å². The Hall–Kier alpha value is -2.77. The lowest BCUT2D eigenvalue weighted by Crippen LogP contribution is -2.33. The summed E-state index contributed by atoms with van der Waals surface area (Å²) >= 11 is 0. The number of fused-ring (bicyclic) bond motifs is 1. The summed E-state index contributed by atoms with van der Waals surface area (Å²) in [7, 11) is 0. The second kappa shape index (κ2) is 6.86. The van der Waals surface area contributed by atoms with E-state index < -0.39 is 29.9 Å². The molecule has 138 valence electrons. The maximum absolute atomic E-state index is 12.5. The number of nitrogens with one attached hydrogen (secondary N) is 1. The van der Waals surface area contributed by atoms with E-state index in [-0.39, 0.29) is 11.6 Å². The number of carbonyl (C=O) groups is 1. The molecule has 26 heavy (non-hydrogen) atoms. The average Bonchev–Trinajstić information content (AvgIpc) is 2.58. The summed E-state index contributed by atoms with van der Waals surface area (Å²) in [6, 6.07) is 8.40. The molecule has 1 amide bonds. The van der Waals surface area contributed by atoms with Crippen molar-refractivity contribution in [3.05, 3.63) is 63.6 Å². The van der Waals surface area contributed by atoms with E-state index in [9.17, 15) is 27.9 Å². The Balaban J connectivity index is 1.83. The van der Waals surface area contributed by atoms with Gasteiger partial charge in [0.15, 0.2) is 5.75 Å². The number of nitrogens with zero attached hydrogens (tertiary/aromatic N) is 1. The number of pyridine rings is 1. The second-order valence-corrected chi connectivity index (χ2v) is 6.24. The lowest BCUT2D eigenvalue weighted by Gasteiger charge is -2.26. The van der Waals surface area contributed by atoms with Crippen molar-refractivity contribution in [2.24, 2.45) is 0 Å². The molecule has 0 spiro atoms. The van der Waals surface area contributed by atoms with Gasteiger partial charge in [0.2, 0.25) is 0 Å². The van der Waals surface area contributed by atoms with Crippen molar-refractivity contribution in [3.63, 3.8) is 0 Å². The summed E-state index contributed by atoms with van der Waals surface area (Å²) in [6.45, 7) is -1.53. The van der Waals surface area contributed by atoms with E-state index in [4.69, 9.17) is 0 Å². The van der Waals surface area contributed by atoms with E-state index in [1.54, 1.807) is 0 Å². The minimum Gasteiger partial charge on any atom is -0.502 e. The van der Waals surface area contributed by atoms with E-state index in [1.807, 2.05) is 24.3 Å². The van der Waals surface area contributed by atoms with Crippen molar-refractivity contribution in [2.45, 2.75) is 38.0 Å². The third-order valence-electron chi connectivity index (χ3n) is 4.41. The van der Waals surface area contributed by atoms with Crippen molar-refractivity contribution < 1.29 is 23.1 Å². The Morgan fingerprint density at radius 1 is 1.27 bits per heavy atom. The van der Waals surface area contributed by atoms with Gasteiger partial charge in [-0.1, -0.05) is 24.3 Å². The van der Waals surface area contributed by atoms with Gasteiger partial charge in [-0.15, -0.1) is 0 Å². The van der Waals surface area contributed by atoms with Crippen LogP contribution in [0.5, 0.6) is 5.75 Å². The van der Waals surface area contributed by atoms with E-state index >= 15 is 0 Å². The molecule has 3 rings (SSSR count). The SMILES string of the molecule is O=C(NC1CCCc2ccccc21)c1ccn(CC(F)(F)F)c(=O)c1O. The van der Waals surface area contributed by atoms with Crippen LogP contribution in [0.4, 0.5) is 13.2 Å². The smallest absolute Gasteiger partial charge is 0.406 e. The molecule has 0 radical (unpaired) electrons. The molecule has 1 heterocycles. The van der Waals surface area contributed by atoms with Gasteiger partial charge in [0.25, 0.3) is 11.5 Å². The molecule has 8 heteroatoms. The number of aromatic nitrogens is 1. The number of alkyl halides is 3. The highest BCUT2D eigenvalue weighted by atomic mass is 19.4. The molecule has 0 saturated carbocycles. The fourth-order valence-electron chi connectivity index (χ4n) is 3.20. The van der Waals surface area contributed by atoms with Gasteiger partial charge in [-0.25, -0.2) is 0 Å². The summed E-state index contributed by atoms with van der Waals surface area (Å²) in [5, 5.41) is 12.7. The van der Waals surface area contributed by atoms with E-state index in [0.29, 0.717) is 11.0 Å². The van der Waals surface area contributed by atoms with Crippen LogP contribution in [0.15, 0.2) is 41.3 Å². The van der Waals surface area contributed by atoms with Crippen LogP contribution in [0.3, 0.4) is 0 Å². The standard InChI is InChI=1S/C18H17F3N2O3/c19-18(20,21)10-23-9-8-13(15(24)17(23)26)16(25)22-14-7-3-5-11-4-1-2-6-12(11)14/h1-2,4,6,8-9,14,24H,3,5,7,10H2,(H,22,25). The fraction of sp³-hybridized carbons (Fsp3) is 0.333.